The van der Waals surface area contributed by atoms with Crippen LogP contribution in [0.4, 0.5) is 10.5 Å². The summed E-state index contributed by atoms with van der Waals surface area (Å²) >= 11 is 0. The van der Waals surface area contributed by atoms with E-state index in [0.29, 0.717) is 5.69 Å². The topological polar surface area (TPSA) is 69.0 Å². The number of carbonyl (C=O) groups excluding carboxylic acids is 1. The van der Waals surface area contributed by atoms with Crippen LogP contribution in [0.15, 0.2) is 55.1 Å². The molecule has 0 saturated carbocycles. The number of aromatic nitrogens is 3. The number of benzene rings is 1. The summed E-state index contributed by atoms with van der Waals surface area (Å²) in [6.45, 7) is 7.55. The van der Waals surface area contributed by atoms with Gasteiger partial charge in [0.05, 0.1) is 17.4 Å². The van der Waals surface area contributed by atoms with Gasteiger partial charge in [0.15, 0.2) is 0 Å². The average Bonchev–Trinajstić information content (AvgIpc) is 3.05. The van der Waals surface area contributed by atoms with Gasteiger partial charge in [-0.1, -0.05) is 12.1 Å². The number of nitrogens with zero attached hydrogens (tertiary/aromatic N) is 3. The number of hydrogen-bond donors (Lipinski definition) is 1. The van der Waals surface area contributed by atoms with Crippen LogP contribution in [0.1, 0.15) is 26.3 Å². The van der Waals surface area contributed by atoms with Crippen molar-refractivity contribution in [3.05, 3.63) is 60.7 Å². The molecule has 0 spiro atoms. The lowest BCUT2D eigenvalue weighted by Gasteiger charge is -2.20. The van der Waals surface area contributed by atoms with E-state index in [1.54, 1.807) is 6.20 Å². The van der Waals surface area contributed by atoms with Gasteiger partial charge < -0.3 is 4.74 Å². The van der Waals surface area contributed by atoms with E-state index in [9.17, 15) is 4.79 Å². The third kappa shape index (κ3) is 3.41. The van der Waals surface area contributed by atoms with Gasteiger partial charge in [0, 0.05) is 34.7 Å². The molecule has 142 valence electrons. The van der Waals surface area contributed by atoms with Gasteiger partial charge in [-0.2, -0.15) is 0 Å². The molecule has 6 heteroatoms. The van der Waals surface area contributed by atoms with Crippen molar-refractivity contribution in [3.8, 4) is 5.82 Å². The van der Waals surface area contributed by atoms with Crippen LogP contribution in [0.3, 0.4) is 0 Å². The van der Waals surface area contributed by atoms with E-state index < -0.39 is 11.7 Å². The highest BCUT2D eigenvalue weighted by Crippen LogP contribution is 2.27. The zero-order valence-electron chi connectivity index (χ0n) is 16.4. The molecule has 28 heavy (non-hydrogen) atoms. The van der Waals surface area contributed by atoms with Gasteiger partial charge in [-0.15, -0.1) is 0 Å². The summed E-state index contributed by atoms with van der Waals surface area (Å²) in [4.78, 5) is 21.1. The summed E-state index contributed by atoms with van der Waals surface area (Å²) in [5.41, 5.74) is 2.23. The number of rotatable bonds is 2. The number of aryl methyl sites for hydroxylation is 1. The Labute approximate surface area is 163 Å². The summed E-state index contributed by atoms with van der Waals surface area (Å²) in [6.07, 6.45) is 6.99. The first-order valence-corrected chi connectivity index (χ1v) is 9.13. The molecule has 0 atom stereocenters. The lowest BCUT2D eigenvalue weighted by molar-refractivity contribution is 0.0636. The molecule has 6 nitrogen and oxygen atoms in total. The first-order valence-electron chi connectivity index (χ1n) is 9.13. The van der Waals surface area contributed by atoms with Crippen molar-refractivity contribution in [1.29, 1.82) is 0 Å². The van der Waals surface area contributed by atoms with Crippen molar-refractivity contribution >= 4 is 33.5 Å². The van der Waals surface area contributed by atoms with Crippen molar-refractivity contribution in [3.63, 3.8) is 0 Å². The molecule has 0 bridgehead atoms. The van der Waals surface area contributed by atoms with Gasteiger partial charge in [-0.05, 0) is 51.5 Å². The van der Waals surface area contributed by atoms with E-state index in [1.165, 1.54) is 0 Å². The van der Waals surface area contributed by atoms with Crippen molar-refractivity contribution in [1.82, 2.24) is 14.5 Å². The van der Waals surface area contributed by atoms with E-state index >= 15 is 0 Å². The van der Waals surface area contributed by atoms with E-state index in [-0.39, 0.29) is 0 Å². The average molecular weight is 374 g/mol. The molecule has 0 saturated heterocycles. The molecule has 1 amide bonds. The zero-order valence-corrected chi connectivity index (χ0v) is 16.4. The number of amides is 1. The van der Waals surface area contributed by atoms with Crippen LogP contribution in [0.5, 0.6) is 0 Å². The normalized spacial score (nSPS) is 11.7. The number of hydrogen-bond acceptors (Lipinski definition) is 4. The molecule has 0 aliphatic heterocycles. The van der Waals surface area contributed by atoms with Crippen molar-refractivity contribution < 1.29 is 9.53 Å². The van der Waals surface area contributed by atoms with Crippen LogP contribution in [0.25, 0.3) is 27.5 Å². The van der Waals surface area contributed by atoms with Gasteiger partial charge in [0.2, 0.25) is 0 Å². The van der Waals surface area contributed by atoms with E-state index in [2.05, 4.69) is 21.4 Å². The van der Waals surface area contributed by atoms with Gasteiger partial charge in [-0.25, -0.2) is 9.78 Å². The summed E-state index contributed by atoms with van der Waals surface area (Å²) in [5, 5.41) is 5.81. The van der Waals surface area contributed by atoms with Crippen LogP contribution < -0.4 is 5.32 Å². The molecule has 0 fully saturated rings. The predicted octanol–water partition coefficient (Wildman–Crippen LogP) is 5.23. The highest BCUT2D eigenvalue weighted by molar-refractivity contribution is 6.00. The summed E-state index contributed by atoms with van der Waals surface area (Å²) in [6, 6.07) is 9.73. The Balaban J connectivity index is 1.78. The van der Waals surface area contributed by atoms with Crippen molar-refractivity contribution in [2.24, 2.45) is 0 Å². The number of anilines is 1. The Morgan fingerprint density at radius 2 is 1.93 bits per heavy atom. The van der Waals surface area contributed by atoms with Gasteiger partial charge in [-0.3, -0.25) is 14.9 Å². The largest absolute Gasteiger partial charge is 0.444 e. The number of ether oxygens (including phenoxy) is 1. The first kappa shape index (κ1) is 18.0. The third-order valence-corrected chi connectivity index (χ3v) is 4.45. The minimum absolute atomic E-state index is 0.482. The maximum absolute atomic E-state index is 12.2. The number of nitrogens with one attached hydrogen (secondary N) is 1. The van der Waals surface area contributed by atoms with Crippen molar-refractivity contribution in [2.75, 3.05) is 5.32 Å². The molecule has 4 aromatic rings. The zero-order chi connectivity index (χ0) is 19.9. The molecule has 1 aromatic carbocycles. The van der Waals surface area contributed by atoms with Crippen molar-refractivity contribution in [2.45, 2.75) is 33.3 Å². The van der Waals surface area contributed by atoms with Crippen LogP contribution in [0.2, 0.25) is 0 Å². The van der Waals surface area contributed by atoms with Gasteiger partial charge >= 0.3 is 6.09 Å². The highest BCUT2D eigenvalue weighted by atomic mass is 16.6. The molecule has 0 aliphatic rings. The SMILES string of the molecule is Cc1cncc2c1ccn2-c1cc2c(NC(=O)OC(C)(C)C)cccc2cn1. The van der Waals surface area contributed by atoms with Crippen LogP contribution >= 0.6 is 0 Å². The fraction of sp³-hybridized carbons (Fsp3) is 0.227. The molecular formula is C22H22N4O2. The minimum Gasteiger partial charge on any atom is -0.444 e. The van der Waals surface area contributed by atoms with Crippen LogP contribution in [-0.2, 0) is 4.74 Å². The second kappa shape index (κ2) is 6.64. The Morgan fingerprint density at radius 1 is 1.11 bits per heavy atom. The molecule has 1 N–H and O–H groups in total. The maximum Gasteiger partial charge on any atom is 0.412 e. The summed E-state index contributed by atoms with van der Waals surface area (Å²) < 4.78 is 7.38. The summed E-state index contributed by atoms with van der Waals surface area (Å²) in [5.74, 6) is 0.758. The molecule has 0 unspecified atom stereocenters. The monoisotopic (exact) mass is 374 g/mol. The van der Waals surface area contributed by atoms with Crippen LogP contribution in [0, 0.1) is 6.92 Å². The second-order valence-corrected chi connectivity index (χ2v) is 7.77. The molecule has 3 aromatic heterocycles. The van der Waals surface area contributed by atoms with Crippen LogP contribution in [-0.4, -0.2) is 26.2 Å². The Hall–Kier alpha value is -3.41. The molecule has 3 heterocycles. The maximum atomic E-state index is 12.2. The molecule has 0 aliphatic carbocycles. The third-order valence-electron chi connectivity index (χ3n) is 4.45. The smallest absolute Gasteiger partial charge is 0.412 e. The number of pyridine rings is 2. The molecule has 0 radical (unpaired) electrons. The minimum atomic E-state index is -0.559. The predicted molar refractivity (Wildman–Crippen MR) is 111 cm³/mol. The Kier molecular flexibility index (Phi) is 4.26. The second-order valence-electron chi connectivity index (χ2n) is 7.77. The van der Waals surface area contributed by atoms with E-state index in [1.807, 2.05) is 75.1 Å². The quantitative estimate of drug-likeness (QED) is 0.522. The Morgan fingerprint density at radius 3 is 2.71 bits per heavy atom. The highest BCUT2D eigenvalue weighted by Gasteiger charge is 2.17. The van der Waals surface area contributed by atoms with Gasteiger partial charge in [0.1, 0.15) is 11.4 Å². The fourth-order valence-corrected chi connectivity index (χ4v) is 3.21. The molecular weight excluding hydrogens is 352 g/mol. The lowest BCUT2D eigenvalue weighted by atomic mass is 10.1. The molecule has 4 rings (SSSR count). The summed E-state index contributed by atoms with van der Waals surface area (Å²) in [7, 11) is 0. The lowest BCUT2D eigenvalue weighted by Crippen LogP contribution is -2.27. The number of fused-ring (bicyclic) bond motifs is 2. The Bertz CT molecular complexity index is 1190. The van der Waals surface area contributed by atoms with E-state index in [4.69, 9.17) is 4.74 Å². The first-order chi connectivity index (χ1) is 13.3. The number of carbonyl (C=O) groups is 1. The fourth-order valence-electron chi connectivity index (χ4n) is 3.21. The van der Waals surface area contributed by atoms with E-state index in [0.717, 1.165) is 33.1 Å². The standard InChI is InChI=1S/C22H22N4O2/c1-14-11-23-13-19-16(14)8-9-26(19)20-10-17-15(12-24-20)6-5-7-18(17)25-21(27)28-22(2,3)4/h5-13H,1-4H3,(H,25,27). The van der Waals surface area contributed by atoms with Gasteiger partial charge in [0.25, 0.3) is 0 Å².